The van der Waals surface area contributed by atoms with Crippen molar-refractivity contribution in [2.45, 2.75) is 19.3 Å². The first kappa shape index (κ1) is 13.1. The van der Waals surface area contributed by atoms with E-state index < -0.39 is 11.9 Å². The van der Waals surface area contributed by atoms with Crippen LogP contribution in [-0.2, 0) is 11.2 Å². The van der Waals surface area contributed by atoms with Crippen molar-refractivity contribution in [1.82, 2.24) is 0 Å². The van der Waals surface area contributed by atoms with Gasteiger partial charge in [0.1, 0.15) is 0 Å². The summed E-state index contributed by atoms with van der Waals surface area (Å²) in [6.07, 6.45) is 1.66. The summed E-state index contributed by atoms with van der Waals surface area (Å²) in [7, 11) is 0. The number of carboxylic acids is 1. The Balaban J connectivity index is 2.49. The Kier molecular flexibility index (Phi) is 5.61. The van der Waals surface area contributed by atoms with Gasteiger partial charge in [-0.3, -0.25) is 4.79 Å². The lowest BCUT2D eigenvalue weighted by molar-refractivity contribution is -0.141. The van der Waals surface area contributed by atoms with E-state index >= 15 is 0 Å². The molecule has 0 aliphatic rings. The molecular formula is C12H15N3O2. The van der Waals surface area contributed by atoms with Crippen LogP contribution >= 0.6 is 0 Å². The van der Waals surface area contributed by atoms with Gasteiger partial charge in [-0.15, -0.1) is 0 Å². The van der Waals surface area contributed by atoms with E-state index in [0.29, 0.717) is 25.8 Å². The minimum atomic E-state index is -0.796. The van der Waals surface area contributed by atoms with Gasteiger partial charge in [0.25, 0.3) is 0 Å². The van der Waals surface area contributed by atoms with Crippen LogP contribution in [0.4, 0.5) is 0 Å². The first-order valence-electron chi connectivity index (χ1n) is 5.51. The average molecular weight is 233 g/mol. The highest BCUT2D eigenvalue weighted by atomic mass is 16.4. The molecule has 0 aromatic heterocycles. The lowest BCUT2D eigenvalue weighted by atomic mass is 9.95. The number of nitrogens with zero attached hydrogens (tertiary/aromatic N) is 3. The highest BCUT2D eigenvalue weighted by Crippen LogP contribution is 2.14. The molecule has 0 heterocycles. The molecule has 0 saturated heterocycles. The maximum Gasteiger partial charge on any atom is 0.306 e. The van der Waals surface area contributed by atoms with Crippen LogP contribution in [0.25, 0.3) is 10.4 Å². The number of carbonyl (C=O) groups is 1. The van der Waals surface area contributed by atoms with Crippen LogP contribution in [0.5, 0.6) is 0 Å². The SMILES string of the molecule is [N-]=[N+]=NCCCC(Cc1ccccc1)C(=O)O. The molecule has 0 aliphatic carbocycles. The average Bonchev–Trinajstić information content (AvgIpc) is 2.34. The minimum Gasteiger partial charge on any atom is -0.481 e. The van der Waals surface area contributed by atoms with E-state index in [1.54, 1.807) is 0 Å². The van der Waals surface area contributed by atoms with Crippen molar-refractivity contribution in [3.63, 3.8) is 0 Å². The largest absolute Gasteiger partial charge is 0.481 e. The second-order valence-corrected chi connectivity index (χ2v) is 3.82. The van der Waals surface area contributed by atoms with E-state index in [2.05, 4.69) is 10.0 Å². The summed E-state index contributed by atoms with van der Waals surface area (Å²) < 4.78 is 0. The van der Waals surface area contributed by atoms with Crippen LogP contribution in [0.1, 0.15) is 18.4 Å². The smallest absolute Gasteiger partial charge is 0.306 e. The fourth-order valence-corrected chi connectivity index (χ4v) is 1.66. The Morgan fingerprint density at radius 3 is 2.71 bits per heavy atom. The maximum absolute atomic E-state index is 11.1. The summed E-state index contributed by atoms with van der Waals surface area (Å²) in [5, 5.41) is 12.5. The predicted molar refractivity (Wildman–Crippen MR) is 64.5 cm³/mol. The molecule has 0 spiro atoms. The first-order valence-corrected chi connectivity index (χ1v) is 5.51. The van der Waals surface area contributed by atoms with Gasteiger partial charge in [0.2, 0.25) is 0 Å². The predicted octanol–water partition coefficient (Wildman–Crippen LogP) is 3.02. The van der Waals surface area contributed by atoms with Crippen molar-refractivity contribution in [3.8, 4) is 0 Å². The number of hydrogen-bond acceptors (Lipinski definition) is 2. The second kappa shape index (κ2) is 7.30. The van der Waals surface area contributed by atoms with Crippen molar-refractivity contribution >= 4 is 5.97 Å². The zero-order valence-corrected chi connectivity index (χ0v) is 9.49. The molecule has 90 valence electrons. The Bertz CT molecular complexity index is 399. The Hall–Kier alpha value is -2.00. The summed E-state index contributed by atoms with van der Waals surface area (Å²) in [4.78, 5) is 13.7. The van der Waals surface area contributed by atoms with Crippen LogP contribution in [0.3, 0.4) is 0 Å². The standard InChI is InChI=1S/C12H15N3O2/c13-15-14-8-4-7-11(12(16)17)9-10-5-2-1-3-6-10/h1-3,5-6,11H,4,7-9H2,(H,16,17). The molecule has 0 amide bonds. The molecule has 5 nitrogen and oxygen atoms in total. The quantitative estimate of drug-likeness (QED) is 0.339. The minimum absolute atomic E-state index is 0.356. The molecule has 5 heteroatoms. The Labute approximate surface area is 99.7 Å². The third-order valence-corrected chi connectivity index (χ3v) is 2.55. The highest BCUT2D eigenvalue weighted by Gasteiger charge is 2.17. The molecule has 0 bridgehead atoms. The van der Waals surface area contributed by atoms with Crippen LogP contribution < -0.4 is 0 Å². The van der Waals surface area contributed by atoms with Crippen molar-refractivity contribution in [3.05, 3.63) is 46.3 Å². The molecule has 1 rings (SSSR count). The summed E-state index contributed by atoms with van der Waals surface area (Å²) in [6.45, 7) is 0.356. The van der Waals surface area contributed by atoms with Gasteiger partial charge in [-0.25, -0.2) is 0 Å². The van der Waals surface area contributed by atoms with E-state index in [4.69, 9.17) is 10.6 Å². The number of hydrogen-bond donors (Lipinski definition) is 1. The molecule has 0 aliphatic heterocycles. The van der Waals surface area contributed by atoms with Gasteiger partial charge in [-0.1, -0.05) is 35.4 Å². The summed E-state index contributed by atoms with van der Waals surface area (Å²) >= 11 is 0. The van der Waals surface area contributed by atoms with Crippen molar-refractivity contribution in [2.24, 2.45) is 11.0 Å². The number of azide groups is 1. The molecule has 0 fully saturated rings. The van der Waals surface area contributed by atoms with Gasteiger partial charge in [0.15, 0.2) is 0 Å². The number of aliphatic carboxylic acids is 1. The number of carboxylic acid groups (broad SMARTS) is 1. The van der Waals surface area contributed by atoms with Gasteiger partial charge in [0.05, 0.1) is 5.92 Å². The van der Waals surface area contributed by atoms with Crippen LogP contribution in [0, 0.1) is 5.92 Å². The lowest BCUT2D eigenvalue weighted by Crippen LogP contribution is -2.16. The fraction of sp³-hybridized carbons (Fsp3) is 0.417. The molecule has 1 unspecified atom stereocenters. The molecule has 1 atom stereocenters. The number of benzene rings is 1. The molecule has 0 radical (unpaired) electrons. The Morgan fingerprint density at radius 1 is 1.41 bits per heavy atom. The van der Waals surface area contributed by atoms with Gasteiger partial charge < -0.3 is 5.11 Å². The molecule has 1 aromatic carbocycles. The van der Waals surface area contributed by atoms with E-state index in [9.17, 15) is 4.79 Å². The molecule has 1 N–H and O–H groups in total. The fourth-order valence-electron chi connectivity index (χ4n) is 1.66. The molecule has 0 saturated carbocycles. The third-order valence-electron chi connectivity index (χ3n) is 2.55. The first-order chi connectivity index (χ1) is 8.24. The summed E-state index contributed by atoms with van der Waals surface area (Å²) in [6, 6.07) is 9.54. The van der Waals surface area contributed by atoms with E-state index in [-0.39, 0.29) is 0 Å². The molecule has 17 heavy (non-hydrogen) atoms. The van der Waals surface area contributed by atoms with Crippen LogP contribution in [0.2, 0.25) is 0 Å². The van der Waals surface area contributed by atoms with Crippen LogP contribution in [-0.4, -0.2) is 17.6 Å². The van der Waals surface area contributed by atoms with Gasteiger partial charge in [-0.05, 0) is 30.4 Å². The Morgan fingerprint density at radius 2 is 2.12 bits per heavy atom. The van der Waals surface area contributed by atoms with Gasteiger partial charge in [-0.2, -0.15) is 0 Å². The zero-order valence-electron chi connectivity index (χ0n) is 9.49. The number of rotatable bonds is 7. The second-order valence-electron chi connectivity index (χ2n) is 3.82. The monoisotopic (exact) mass is 233 g/mol. The topological polar surface area (TPSA) is 86.1 Å². The molecule has 1 aromatic rings. The van der Waals surface area contributed by atoms with Crippen molar-refractivity contribution < 1.29 is 9.90 Å². The lowest BCUT2D eigenvalue weighted by Gasteiger charge is -2.11. The van der Waals surface area contributed by atoms with Crippen LogP contribution in [0.15, 0.2) is 35.4 Å². The van der Waals surface area contributed by atoms with Crippen molar-refractivity contribution in [1.29, 1.82) is 0 Å². The van der Waals surface area contributed by atoms with E-state index in [1.807, 2.05) is 30.3 Å². The van der Waals surface area contributed by atoms with Crippen molar-refractivity contribution in [2.75, 3.05) is 6.54 Å². The van der Waals surface area contributed by atoms with Gasteiger partial charge in [0, 0.05) is 11.5 Å². The summed E-state index contributed by atoms with van der Waals surface area (Å²) in [5.74, 6) is -1.21. The normalized spacial score (nSPS) is 11.5. The van der Waals surface area contributed by atoms with E-state index in [1.165, 1.54) is 0 Å². The summed E-state index contributed by atoms with van der Waals surface area (Å²) in [5.41, 5.74) is 9.14. The van der Waals surface area contributed by atoms with E-state index in [0.717, 1.165) is 5.56 Å². The zero-order chi connectivity index (χ0) is 12.5. The maximum atomic E-state index is 11.1. The van der Waals surface area contributed by atoms with Gasteiger partial charge >= 0.3 is 5.97 Å². The highest BCUT2D eigenvalue weighted by molar-refractivity contribution is 5.70. The third kappa shape index (κ3) is 5.04. The molecular weight excluding hydrogens is 218 g/mol.